The molecule has 6 heteroatoms. The van der Waals surface area contributed by atoms with Crippen LogP contribution < -0.4 is 0 Å². The summed E-state index contributed by atoms with van der Waals surface area (Å²) in [6, 6.07) is 0. The molecule has 0 aromatic rings. The smallest absolute Gasteiger partial charge is 0.303 e. The van der Waals surface area contributed by atoms with Gasteiger partial charge in [0.25, 0.3) is 0 Å². The average Bonchev–Trinajstić information content (AvgIpc) is 2.09. The molecule has 82 valence electrons. The Morgan fingerprint density at radius 1 is 1.29 bits per heavy atom. The minimum atomic E-state index is -1.46. The van der Waals surface area contributed by atoms with Crippen LogP contribution in [0.5, 0.6) is 0 Å². The summed E-state index contributed by atoms with van der Waals surface area (Å²) in [5.41, 5.74) is 0. The Balaban J connectivity index is 2.68. The van der Waals surface area contributed by atoms with Gasteiger partial charge in [0.15, 0.2) is 12.4 Å². The fourth-order valence-corrected chi connectivity index (χ4v) is 1.38. The molecule has 0 saturated carbocycles. The van der Waals surface area contributed by atoms with Crippen molar-refractivity contribution >= 4 is 5.97 Å². The largest absolute Gasteiger partial charge is 0.457 e. The van der Waals surface area contributed by atoms with Gasteiger partial charge in [-0.1, -0.05) is 0 Å². The van der Waals surface area contributed by atoms with Gasteiger partial charge < -0.3 is 24.8 Å². The van der Waals surface area contributed by atoms with E-state index in [2.05, 4.69) is 0 Å². The molecular formula is C8H14O6. The quantitative estimate of drug-likeness (QED) is 0.446. The van der Waals surface area contributed by atoms with Crippen molar-refractivity contribution in [2.75, 3.05) is 0 Å². The molecule has 0 aromatic carbocycles. The van der Waals surface area contributed by atoms with Gasteiger partial charge in [-0.15, -0.1) is 0 Å². The summed E-state index contributed by atoms with van der Waals surface area (Å²) in [5.74, 6) is -0.576. The van der Waals surface area contributed by atoms with Crippen molar-refractivity contribution in [3.8, 4) is 0 Å². The molecule has 0 spiro atoms. The molecule has 14 heavy (non-hydrogen) atoms. The van der Waals surface area contributed by atoms with E-state index in [9.17, 15) is 15.0 Å². The summed E-state index contributed by atoms with van der Waals surface area (Å²) in [5, 5.41) is 27.8. The number of carbonyl (C=O) groups is 1. The normalized spacial score (nSPS) is 43.4. The lowest BCUT2D eigenvalue weighted by Crippen LogP contribution is -2.57. The van der Waals surface area contributed by atoms with Gasteiger partial charge in [-0.05, 0) is 6.92 Å². The first-order valence-electron chi connectivity index (χ1n) is 4.30. The van der Waals surface area contributed by atoms with Gasteiger partial charge in [0.1, 0.15) is 12.2 Å². The topological polar surface area (TPSA) is 96.2 Å². The van der Waals surface area contributed by atoms with Gasteiger partial charge in [0, 0.05) is 6.92 Å². The molecule has 0 bridgehead atoms. The van der Waals surface area contributed by atoms with E-state index < -0.39 is 36.7 Å². The van der Waals surface area contributed by atoms with Crippen LogP contribution in [0, 0.1) is 0 Å². The van der Waals surface area contributed by atoms with Crippen LogP contribution in [-0.4, -0.2) is 52.0 Å². The maximum Gasteiger partial charge on any atom is 0.303 e. The summed E-state index contributed by atoms with van der Waals surface area (Å²) in [6.07, 6.45) is -5.86. The second-order valence-corrected chi connectivity index (χ2v) is 3.29. The predicted molar refractivity (Wildman–Crippen MR) is 44.1 cm³/mol. The molecular weight excluding hydrogens is 192 g/mol. The Morgan fingerprint density at radius 2 is 1.86 bits per heavy atom. The number of hydrogen-bond acceptors (Lipinski definition) is 6. The summed E-state index contributed by atoms with van der Waals surface area (Å²) in [7, 11) is 0. The molecule has 3 N–H and O–H groups in total. The molecule has 0 amide bonds. The monoisotopic (exact) mass is 206 g/mol. The van der Waals surface area contributed by atoms with Crippen LogP contribution in [0.3, 0.4) is 0 Å². The van der Waals surface area contributed by atoms with E-state index in [-0.39, 0.29) is 0 Å². The number of aliphatic hydroxyl groups is 3. The first-order valence-corrected chi connectivity index (χ1v) is 4.30. The molecule has 0 radical (unpaired) electrons. The van der Waals surface area contributed by atoms with Gasteiger partial charge in [0.2, 0.25) is 0 Å². The number of hydrogen-bond donors (Lipinski definition) is 3. The Morgan fingerprint density at radius 3 is 2.36 bits per heavy atom. The zero-order valence-corrected chi connectivity index (χ0v) is 7.95. The molecule has 1 unspecified atom stereocenters. The zero-order valence-electron chi connectivity index (χ0n) is 7.95. The van der Waals surface area contributed by atoms with Crippen LogP contribution in [0.25, 0.3) is 0 Å². The molecule has 1 fully saturated rings. The minimum absolute atomic E-state index is 0.576. The Labute approximate surface area is 81.1 Å². The van der Waals surface area contributed by atoms with E-state index in [0.29, 0.717) is 0 Å². The van der Waals surface area contributed by atoms with Crippen molar-refractivity contribution in [1.29, 1.82) is 0 Å². The lowest BCUT2D eigenvalue weighted by molar-refractivity contribution is -0.281. The Bertz CT molecular complexity index is 218. The molecule has 1 aliphatic heterocycles. The molecule has 5 atom stereocenters. The molecule has 6 nitrogen and oxygen atoms in total. The second-order valence-electron chi connectivity index (χ2n) is 3.29. The summed E-state index contributed by atoms with van der Waals surface area (Å²) < 4.78 is 9.60. The molecule has 1 saturated heterocycles. The van der Waals surface area contributed by atoms with Crippen molar-refractivity contribution in [3.63, 3.8) is 0 Å². The standard InChI is InChI=1S/C8H14O6/c1-3-7(14-4(2)9)5(10)6(11)8(12)13-3/h3,5-8,10-12H,1-2H3/t3-,5-,6+,7-,8?/m1/s1. The average molecular weight is 206 g/mol. The van der Waals surface area contributed by atoms with Gasteiger partial charge in [-0.2, -0.15) is 0 Å². The van der Waals surface area contributed by atoms with Crippen molar-refractivity contribution in [2.45, 2.75) is 44.6 Å². The van der Waals surface area contributed by atoms with Crippen molar-refractivity contribution < 1.29 is 29.6 Å². The summed E-state index contributed by atoms with van der Waals surface area (Å²) >= 11 is 0. The number of carbonyl (C=O) groups excluding carboxylic acids is 1. The fraction of sp³-hybridized carbons (Fsp3) is 0.875. The summed E-state index contributed by atoms with van der Waals surface area (Å²) in [6.45, 7) is 2.72. The first kappa shape index (κ1) is 11.4. The minimum Gasteiger partial charge on any atom is -0.457 e. The molecule has 0 aromatic heterocycles. The Kier molecular flexibility index (Phi) is 3.43. The predicted octanol–water partition coefficient (Wildman–Crippen LogP) is -1.62. The maximum absolute atomic E-state index is 10.7. The number of aliphatic hydroxyl groups excluding tert-OH is 3. The van der Waals surface area contributed by atoms with Gasteiger partial charge in [0.05, 0.1) is 6.10 Å². The van der Waals surface area contributed by atoms with E-state index >= 15 is 0 Å². The van der Waals surface area contributed by atoms with Crippen LogP contribution in [0.1, 0.15) is 13.8 Å². The van der Waals surface area contributed by atoms with Gasteiger partial charge >= 0.3 is 5.97 Å². The van der Waals surface area contributed by atoms with E-state index in [0.717, 1.165) is 0 Å². The van der Waals surface area contributed by atoms with Crippen molar-refractivity contribution in [1.82, 2.24) is 0 Å². The highest BCUT2D eigenvalue weighted by atomic mass is 16.7. The van der Waals surface area contributed by atoms with Crippen LogP contribution in [0.15, 0.2) is 0 Å². The summed E-state index contributed by atoms with van der Waals surface area (Å²) in [4.78, 5) is 10.7. The molecule has 1 rings (SSSR count). The van der Waals surface area contributed by atoms with Gasteiger partial charge in [-0.25, -0.2) is 0 Å². The van der Waals surface area contributed by atoms with E-state index in [1.54, 1.807) is 0 Å². The van der Waals surface area contributed by atoms with Crippen LogP contribution in [0.2, 0.25) is 0 Å². The third-order valence-corrected chi connectivity index (χ3v) is 2.10. The number of ether oxygens (including phenoxy) is 2. The van der Waals surface area contributed by atoms with Gasteiger partial charge in [-0.3, -0.25) is 4.79 Å². The lowest BCUT2D eigenvalue weighted by Gasteiger charge is -2.38. The van der Waals surface area contributed by atoms with Crippen LogP contribution >= 0.6 is 0 Å². The lowest BCUT2D eigenvalue weighted by atomic mass is 10.00. The highest BCUT2D eigenvalue weighted by molar-refractivity contribution is 5.66. The van der Waals surface area contributed by atoms with E-state index in [4.69, 9.17) is 14.6 Å². The second kappa shape index (κ2) is 4.22. The first-order chi connectivity index (χ1) is 6.43. The number of esters is 1. The molecule has 1 heterocycles. The van der Waals surface area contributed by atoms with Crippen molar-refractivity contribution in [3.05, 3.63) is 0 Å². The third-order valence-electron chi connectivity index (χ3n) is 2.10. The van der Waals surface area contributed by atoms with E-state index in [1.165, 1.54) is 13.8 Å². The molecule has 0 aliphatic carbocycles. The highest BCUT2D eigenvalue weighted by Gasteiger charge is 2.43. The van der Waals surface area contributed by atoms with Crippen LogP contribution in [-0.2, 0) is 14.3 Å². The Hall–Kier alpha value is -0.690. The maximum atomic E-state index is 10.7. The highest BCUT2D eigenvalue weighted by Crippen LogP contribution is 2.21. The SMILES string of the molecule is CC(=O)O[C@H]1[C@H](O)[C@H](O)C(O)O[C@@H]1C. The van der Waals surface area contributed by atoms with E-state index in [1.807, 2.05) is 0 Å². The fourth-order valence-electron chi connectivity index (χ4n) is 1.38. The zero-order chi connectivity index (χ0) is 10.9. The van der Waals surface area contributed by atoms with Crippen molar-refractivity contribution in [2.24, 2.45) is 0 Å². The number of rotatable bonds is 1. The molecule has 1 aliphatic rings. The third kappa shape index (κ3) is 2.21. The van der Waals surface area contributed by atoms with Crippen LogP contribution in [0.4, 0.5) is 0 Å².